The van der Waals surface area contributed by atoms with Gasteiger partial charge in [-0.1, -0.05) is 19.1 Å². The van der Waals surface area contributed by atoms with Crippen molar-refractivity contribution in [3.63, 3.8) is 0 Å². The normalized spacial score (nSPS) is 15.0. The third kappa shape index (κ3) is 3.63. The summed E-state index contributed by atoms with van der Waals surface area (Å²) < 4.78 is 5.43. The number of fused-ring (bicyclic) bond motifs is 1. The number of nitrogens with one attached hydrogen (secondary N) is 1. The standard InChI is InChI=1S/C22H23N3O3/c1-2-20(26)25-12-8-17(9-13-25)24-22(27)16-5-3-15(4-6-16)21-18-10-14-28-19(18)7-11-23-21/h3-7,10-11,14,17H,2,8-9,12-13H2,1H3,(H,24,27). The van der Waals surface area contributed by atoms with Crippen LogP contribution in [0.2, 0.25) is 0 Å². The summed E-state index contributed by atoms with van der Waals surface area (Å²) in [5.41, 5.74) is 3.19. The van der Waals surface area contributed by atoms with E-state index in [-0.39, 0.29) is 17.9 Å². The molecule has 2 aromatic heterocycles. The van der Waals surface area contributed by atoms with Gasteiger partial charge in [0.05, 0.1) is 12.0 Å². The number of rotatable bonds is 4. The fourth-order valence-electron chi connectivity index (χ4n) is 3.67. The molecule has 4 rings (SSSR count). The number of pyridine rings is 1. The van der Waals surface area contributed by atoms with E-state index in [9.17, 15) is 9.59 Å². The maximum Gasteiger partial charge on any atom is 0.251 e. The number of likely N-dealkylation sites (tertiary alicyclic amines) is 1. The van der Waals surface area contributed by atoms with Crippen molar-refractivity contribution in [2.45, 2.75) is 32.2 Å². The molecule has 3 aromatic rings. The zero-order chi connectivity index (χ0) is 19.5. The van der Waals surface area contributed by atoms with Gasteiger partial charge in [0.1, 0.15) is 5.58 Å². The Labute approximate surface area is 163 Å². The zero-order valence-electron chi connectivity index (χ0n) is 15.9. The molecule has 3 heterocycles. The van der Waals surface area contributed by atoms with Gasteiger partial charge in [-0.15, -0.1) is 0 Å². The van der Waals surface area contributed by atoms with Gasteiger partial charge >= 0.3 is 0 Å². The van der Waals surface area contributed by atoms with Crippen molar-refractivity contribution in [3.8, 4) is 11.3 Å². The molecule has 28 heavy (non-hydrogen) atoms. The Hall–Kier alpha value is -3.15. The molecule has 144 valence electrons. The minimum Gasteiger partial charge on any atom is -0.464 e. The second-order valence-corrected chi connectivity index (χ2v) is 7.05. The fourth-order valence-corrected chi connectivity index (χ4v) is 3.67. The molecule has 0 atom stereocenters. The number of furan rings is 1. The van der Waals surface area contributed by atoms with Crippen molar-refractivity contribution in [1.82, 2.24) is 15.2 Å². The van der Waals surface area contributed by atoms with Gasteiger partial charge in [-0.2, -0.15) is 0 Å². The van der Waals surface area contributed by atoms with E-state index in [2.05, 4.69) is 10.3 Å². The molecule has 0 aliphatic carbocycles. The molecular formula is C22H23N3O3. The molecule has 0 spiro atoms. The van der Waals surface area contributed by atoms with Crippen molar-refractivity contribution in [1.29, 1.82) is 0 Å². The molecule has 1 fully saturated rings. The van der Waals surface area contributed by atoms with Gasteiger partial charge < -0.3 is 14.6 Å². The van der Waals surface area contributed by atoms with Crippen LogP contribution < -0.4 is 5.32 Å². The molecule has 1 saturated heterocycles. The first-order valence-electron chi connectivity index (χ1n) is 9.67. The predicted octanol–water partition coefficient (Wildman–Crippen LogP) is 3.63. The van der Waals surface area contributed by atoms with Crippen molar-refractivity contribution in [2.75, 3.05) is 13.1 Å². The number of nitrogens with zero attached hydrogens (tertiary/aromatic N) is 2. The first-order valence-corrected chi connectivity index (χ1v) is 9.67. The summed E-state index contributed by atoms with van der Waals surface area (Å²) >= 11 is 0. The van der Waals surface area contributed by atoms with Crippen molar-refractivity contribution >= 4 is 22.8 Å². The minimum absolute atomic E-state index is 0.0821. The molecule has 1 aromatic carbocycles. The molecule has 1 N–H and O–H groups in total. The average Bonchev–Trinajstić information content (AvgIpc) is 3.23. The van der Waals surface area contributed by atoms with Crippen LogP contribution in [0, 0.1) is 0 Å². The van der Waals surface area contributed by atoms with E-state index in [1.54, 1.807) is 12.5 Å². The Kier molecular flexibility index (Phi) is 5.10. The molecule has 0 radical (unpaired) electrons. The lowest BCUT2D eigenvalue weighted by Crippen LogP contribution is -2.46. The van der Waals surface area contributed by atoms with Gasteiger partial charge in [0, 0.05) is 48.3 Å². The molecule has 0 bridgehead atoms. The lowest BCUT2D eigenvalue weighted by molar-refractivity contribution is -0.131. The Bertz CT molecular complexity index is 986. The number of hydrogen-bond acceptors (Lipinski definition) is 4. The van der Waals surface area contributed by atoms with Crippen LogP contribution in [-0.4, -0.2) is 40.8 Å². The highest BCUT2D eigenvalue weighted by Crippen LogP contribution is 2.27. The highest BCUT2D eigenvalue weighted by atomic mass is 16.3. The SMILES string of the molecule is CCC(=O)N1CCC(NC(=O)c2ccc(-c3nccc4occc34)cc2)CC1. The fraction of sp³-hybridized carbons (Fsp3) is 0.318. The largest absolute Gasteiger partial charge is 0.464 e. The Morgan fingerprint density at radius 2 is 1.89 bits per heavy atom. The summed E-state index contributed by atoms with van der Waals surface area (Å²) in [6.45, 7) is 3.29. The summed E-state index contributed by atoms with van der Waals surface area (Å²) in [5.74, 6) is 0.0999. The van der Waals surface area contributed by atoms with Crippen LogP contribution >= 0.6 is 0 Å². The summed E-state index contributed by atoms with van der Waals surface area (Å²) in [6, 6.07) is 11.3. The van der Waals surface area contributed by atoms with E-state index in [0.29, 0.717) is 25.1 Å². The number of amides is 2. The van der Waals surface area contributed by atoms with Gasteiger partial charge in [0.15, 0.2) is 0 Å². The van der Waals surface area contributed by atoms with Crippen molar-refractivity contribution in [2.24, 2.45) is 0 Å². The second kappa shape index (κ2) is 7.84. The van der Waals surface area contributed by atoms with Crippen LogP contribution in [0.15, 0.2) is 53.3 Å². The highest BCUT2D eigenvalue weighted by Gasteiger charge is 2.23. The predicted molar refractivity (Wildman–Crippen MR) is 107 cm³/mol. The molecule has 6 nitrogen and oxygen atoms in total. The summed E-state index contributed by atoms with van der Waals surface area (Å²) in [4.78, 5) is 30.7. The van der Waals surface area contributed by atoms with E-state index < -0.39 is 0 Å². The quantitative estimate of drug-likeness (QED) is 0.753. The molecule has 6 heteroatoms. The molecule has 2 amide bonds. The molecular weight excluding hydrogens is 354 g/mol. The van der Waals surface area contributed by atoms with Crippen LogP contribution in [0.3, 0.4) is 0 Å². The van der Waals surface area contributed by atoms with Crippen LogP contribution in [0.1, 0.15) is 36.5 Å². The van der Waals surface area contributed by atoms with E-state index in [1.165, 1.54) is 0 Å². The zero-order valence-corrected chi connectivity index (χ0v) is 15.9. The lowest BCUT2D eigenvalue weighted by atomic mass is 10.0. The van der Waals surface area contributed by atoms with Gasteiger partial charge in [-0.25, -0.2) is 0 Å². The van der Waals surface area contributed by atoms with E-state index >= 15 is 0 Å². The monoisotopic (exact) mass is 377 g/mol. The number of piperidine rings is 1. The number of carbonyl (C=O) groups is 2. The van der Waals surface area contributed by atoms with Gasteiger partial charge in [0.25, 0.3) is 5.91 Å². The molecule has 0 saturated carbocycles. The van der Waals surface area contributed by atoms with Gasteiger partial charge in [-0.3, -0.25) is 14.6 Å². The van der Waals surface area contributed by atoms with E-state index in [0.717, 1.165) is 35.1 Å². The van der Waals surface area contributed by atoms with Crippen LogP contribution in [-0.2, 0) is 4.79 Å². The maximum absolute atomic E-state index is 12.6. The Morgan fingerprint density at radius 3 is 2.61 bits per heavy atom. The smallest absolute Gasteiger partial charge is 0.251 e. The Balaban J connectivity index is 1.41. The van der Waals surface area contributed by atoms with Gasteiger partial charge in [-0.05, 0) is 37.1 Å². The Morgan fingerprint density at radius 1 is 1.14 bits per heavy atom. The molecule has 1 aliphatic heterocycles. The van der Waals surface area contributed by atoms with Crippen LogP contribution in [0.5, 0.6) is 0 Å². The summed E-state index contributed by atoms with van der Waals surface area (Å²) in [6.07, 6.45) is 5.49. The topological polar surface area (TPSA) is 75.4 Å². The van der Waals surface area contributed by atoms with Crippen molar-refractivity contribution < 1.29 is 14.0 Å². The maximum atomic E-state index is 12.6. The minimum atomic E-state index is -0.0821. The van der Waals surface area contributed by atoms with Crippen LogP contribution in [0.25, 0.3) is 22.2 Å². The third-order valence-corrected chi connectivity index (χ3v) is 5.29. The summed E-state index contributed by atoms with van der Waals surface area (Å²) in [7, 11) is 0. The van der Waals surface area contributed by atoms with E-state index in [1.807, 2.05) is 48.2 Å². The average molecular weight is 377 g/mol. The lowest BCUT2D eigenvalue weighted by Gasteiger charge is -2.32. The highest BCUT2D eigenvalue weighted by molar-refractivity contribution is 5.96. The second-order valence-electron chi connectivity index (χ2n) is 7.05. The number of hydrogen-bond donors (Lipinski definition) is 1. The molecule has 0 unspecified atom stereocenters. The van der Waals surface area contributed by atoms with Gasteiger partial charge in [0.2, 0.25) is 5.91 Å². The number of benzene rings is 1. The van der Waals surface area contributed by atoms with E-state index in [4.69, 9.17) is 4.42 Å². The van der Waals surface area contributed by atoms with Crippen LogP contribution in [0.4, 0.5) is 0 Å². The van der Waals surface area contributed by atoms with Crippen molar-refractivity contribution in [3.05, 3.63) is 54.4 Å². The first kappa shape index (κ1) is 18.2. The number of carbonyl (C=O) groups excluding carboxylic acids is 2. The molecule has 1 aliphatic rings. The third-order valence-electron chi connectivity index (χ3n) is 5.29. The number of aromatic nitrogens is 1. The summed E-state index contributed by atoms with van der Waals surface area (Å²) in [5, 5.41) is 4.04. The first-order chi connectivity index (χ1) is 13.7.